The van der Waals surface area contributed by atoms with E-state index in [1.54, 1.807) is 32.4 Å². The molecule has 0 fully saturated rings. The number of ether oxygens (including phenoxy) is 4. The van der Waals surface area contributed by atoms with Crippen LogP contribution in [0.2, 0.25) is 0 Å². The van der Waals surface area contributed by atoms with Gasteiger partial charge in [0.15, 0.2) is 17.3 Å². The van der Waals surface area contributed by atoms with E-state index in [1.807, 2.05) is 13.8 Å². The van der Waals surface area contributed by atoms with E-state index < -0.39 is 18.1 Å². The van der Waals surface area contributed by atoms with Gasteiger partial charge in [0, 0.05) is 11.6 Å². The van der Waals surface area contributed by atoms with Crippen molar-refractivity contribution in [3.05, 3.63) is 52.8 Å². The molecule has 1 aromatic rings. The molecule has 0 saturated carbocycles. The van der Waals surface area contributed by atoms with Crippen LogP contribution >= 0.6 is 0 Å². The molecule has 1 aromatic carbocycles. The lowest BCUT2D eigenvalue weighted by Crippen LogP contribution is -2.42. The van der Waals surface area contributed by atoms with Crippen LogP contribution in [0.4, 0.5) is 0 Å². The summed E-state index contributed by atoms with van der Waals surface area (Å²) in [5.74, 6) is 7.17. The maximum atomic E-state index is 13.7. The second kappa shape index (κ2) is 8.52. The summed E-state index contributed by atoms with van der Waals surface area (Å²) in [7, 11) is 3.11. The zero-order chi connectivity index (χ0) is 22.1. The number of carbonyl (C=O) groups is 1. The maximum absolute atomic E-state index is 13.7. The lowest BCUT2D eigenvalue weighted by molar-refractivity contribution is -0.124. The first-order valence-electron chi connectivity index (χ1n) is 10.3. The van der Waals surface area contributed by atoms with Crippen LogP contribution in [-0.2, 0) is 9.53 Å². The average molecular weight is 422 g/mol. The average Bonchev–Trinajstić information content (AvgIpc) is 2.75. The van der Waals surface area contributed by atoms with Crippen molar-refractivity contribution in [2.24, 2.45) is 5.92 Å². The van der Waals surface area contributed by atoms with E-state index in [9.17, 15) is 9.90 Å². The largest absolute Gasteiger partial charge is 0.493 e. The number of hydrogen-bond donors (Lipinski definition) is 1. The molecule has 0 bridgehead atoms. The van der Waals surface area contributed by atoms with Gasteiger partial charge in [-0.25, -0.2) is 0 Å². The molecule has 4 rings (SSSR count). The molecule has 1 aliphatic carbocycles. The van der Waals surface area contributed by atoms with Gasteiger partial charge in [0.05, 0.1) is 31.6 Å². The van der Waals surface area contributed by atoms with E-state index in [0.717, 1.165) is 5.57 Å². The Balaban J connectivity index is 1.80. The van der Waals surface area contributed by atoms with Crippen molar-refractivity contribution in [2.45, 2.75) is 38.4 Å². The van der Waals surface area contributed by atoms with Crippen LogP contribution < -0.4 is 14.2 Å². The van der Waals surface area contributed by atoms with Crippen LogP contribution in [0.25, 0.3) is 0 Å². The third-order valence-corrected chi connectivity index (χ3v) is 5.65. The number of aliphatic hydroxyl groups excluding tert-OH is 1. The Hall–Kier alpha value is -3.17. The first-order chi connectivity index (χ1) is 14.9. The molecule has 4 unspecified atom stereocenters. The van der Waals surface area contributed by atoms with Crippen molar-refractivity contribution >= 4 is 5.78 Å². The Labute approximate surface area is 182 Å². The van der Waals surface area contributed by atoms with Crippen molar-refractivity contribution in [3.63, 3.8) is 0 Å². The van der Waals surface area contributed by atoms with Crippen LogP contribution in [0.15, 0.2) is 47.3 Å². The number of carbonyl (C=O) groups excluding carboxylic acids is 1. The summed E-state index contributed by atoms with van der Waals surface area (Å²) in [6.07, 6.45) is 4.42. The van der Waals surface area contributed by atoms with Gasteiger partial charge >= 0.3 is 0 Å². The second-order valence-corrected chi connectivity index (χ2v) is 7.99. The predicted octanol–water partition coefficient (Wildman–Crippen LogP) is 3.31. The van der Waals surface area contributed by atoms with Crippen molar-refractivity contribution in [1.29, 1.82) is 0 Å². The van der Waals surface area contributed by atoms with E-state index in [-0.39, 0.29) is 18.3 Å². The molecule has 0 radical (unpaired) electrons. The molecule has 0 amide bonds. The topological polar surface area (TPSA) is 74.2 Å². The number of methoxy groups -OCH3 is 2. The Morgan fingerprint density at radius 2 is 1.97 bits per heavy atom. The Bertz CT molecular complexity index is 1050. The van der Waals surface area contributed by atoms with Gasteiger partial charge in [0.25, 0.3) is 0 Å². The third-order valence-electron chi connectivity index (χ3n) is 5.65. The quantitative estimate of drug-likeness (QED) is 0.593. The normalized spacial score (nSPS) is 26.9. The van der Waals surface area contributed by atoms with E-state index in [4.69, 9.17) is 18.9 Å². The number of allylic oxidation sites excluding steroid dienone is 5. The summed E-state index contributed by atoms with van der Waals surface area (Å²) in [6.45, 7) is 4.26. The number of rotatable bonds is 4. The molecular weight excluding hydrogens is 396 g/mol. The van der Waals surface area contributed by atoms with Crippen LogP contribution in [0, 0.1) is 17.8 Å². The molecule has 1 N–H and O–H groups in total. The van der Waals surface area contributed by atoms with Gasteiger partial charge in [-0.1, -0.05) is 23.5 Å². The number of benzene rings is 1. The fourth-order valence-corrected chi connectivity index (χ4v) is 4.08. The first-order valence-corrected chi connectivity index (χ1v) is 10.3. The Morgan fingerprint density at radius 3 is 2.68 bits per heavy atom. The fourth-order valence-electron chi connectivity index (χ4n) is 4.08. The highest BCUT2D eigenvalue weighted by atomic mass is 16.5. The highest BCUT2D eigenvalue weighted by Crippen LogP contribution is 2.47. The van der Waals surface area contributed by atoms with Crippen molar-refractivity contribution in [3.8, 4) is 29.1 Å². The highest BCUT2D eigenvalue weighted by Gasteiger charge is 2.45. The van der Waals surface area contributed by atoms with Gasteiger partial charge in [0.1, 0.15) is 30.3 Å². The monoisotopic (exact) mass is 422 g/mol. The highest BCUT2D eigenvalue weighted by molar-refractivity contribution is 6.05. The van der Waals surface area contributed by atoms with E-state index >= 15 is 0 Å². The molecule has 3 aliphatic rings. The number of Topliss-reactive ketones (excluding diaryl/α,β-unsaturated/α-hetero) is 1. The minimum Gasteiger partial charge on any atom is -0.493 e. The summed E-state index contributed by atoms with van der Waals surface area (Å²) in [4.78, 5) is 13.7. The smallest absolute Gasteiger partial charge is 0.177 e. The molecule has 2 aliphatic heterocycles. The molecule has 4 atom stereocenters. The van der Waals surface area contributed by atoms with Gasteiger partial charge in [-0.15, -0.1) is 0 Å². The van der Waals surface area contributed by atoms with Gasteiger partial charge in [-0.2, -0.15) is 0 Å². The van der Waals surface area contributed by atoms with Gasteiger partial charge in [0.2, 0.25) is 0 Å². The van der Waals surface area contributed by atoms with E-state index in [1.165, 1.54) is 6.08 Å². The summed E-state index contributed by atoms with van der Waals surface area (Å²) in [5, 5.41) is 10.1. The Kier molecular flexibility index (Phi) is 5.79. The number of hydrogen-bond acceptors (Lipinski definition) is 6. The van der Waals surface area contributed by atoms with Crippen molar-refractivity contribution < 1.29 is 28.8 Å². The Morgan fingerprint density at radius 1 is 1.23 bits per heavy atom. The minimum absolute atomic E-state index is 0.0719. The van der Waals surface area contributed by atoms with E-state index in [0.29, 0.717) is 40.6 Å². The van der Waals surface area contributed by atoms with Gasteiger partial charge in [-0.05, 0) is 38.5 Å². The first kappa shape index (κ1) is 21.1. The lowest BCUT2D eigenvalue weighted by Gasteiger charge is -2.39. The van der Waals surface area contributed by atoms with Crippen molar-refractivity contribution in [1.82, 2.24) is 0 Å². The van der Waals surface area contributed by atoms with Crippen LogP contribution in [0.5, 0.6) is 17.2 Å². The summed E-state index contributed by atoms with van der Waals surface area (Å²) >= 11 is 0. The zero-order valence-electron chi connectivity index (χ0n) is 18.1. The van der Waals surface area contributed by atoms with Crippen LogP contribution in [0.3, 0.4) is 0 Å². The molecule has 2 heterocycles. The molecule has 0 aromatic heterocycles. The summed E-state index contributed by atoms with van der Waals surface area (Å²) in [5.41, 5.74) is 2.30. The van der Waals surface area contributed by atoms with Crippen LogP contribution in [-0.4, -0.2) is 43.9 Å². The summed E-state index contributed by atoms with van der Waals surface area (Å²) in [6, 6.07) is 3.52. The standard InChI is InChI=1S/C25H26O6/c1-14(2)5-6-15-7-8-16(26)9-10-17-24(27)23-18-11-20(28-3)21(29-4)12-19(18)30-13-22(23)31-25(15)17/h5,9-12,15-16,22-23,26H,6,13H2,1-4H3/b10-9-. The van der Waals surface area contributed by atoms with Crippen LogP contribution in [0.1, 0.15) is 31.7 Å². The number of aliphatic hydroxyl groups is 1. The lowest BCUT2D eigenvalue weighted by atomic mass is 9.79. The van der Waals surface area contributed by atoms with Gasteiger partial charge in [-0.3, -0.25) is 4.79 Å². The molecule has 31 heavy (non-hydrogen) atoms. The maximum Gasteiger partial charge on any atom is 0.177 e. The fraction of sp³-hybridized carbons (Fsp3) is 0.400. The summed E-state index contributed by atoms with van der Waals surface area (Å²) < 4.78 is 23.1. The second-order valence-electron chi connectivity index (χ2n) is 7.99. The molecule has 6 heteroatoms. The van der Waals surface area contributed by atoms with Crippen molar-refractivity contribution in [2.75, 3.05) is 20.8 Å². The molecule has 162 valence electrons. The third kappa shape index (κ3) is 3.94. The zero-order valence-corrected chi connectivity index (χ0v) is 18.1. The SMILES string of the molecule is COc1cc2c(cc1OC)C1C(=O)C3=C(OC1CO2)C(CC=C(C)C)C#CC(O)/C=C\3. The molecule has 0 saturated heterocycles. The number of fused-ring (bicyclic) bond motifs is 3. The predicted molar refractivity (Wildman–Crippen MR) is 115 cm³/mol. The molecular formula is C25H26O6. The molecule has 6 nitrogen and oxygen atoms in total. The van der Waals surface area contributed by atoms with E-state index in [2.05, 4.69) is 17.9 Å². The van der Waals surface area contributed by atoms with Gasteiger partial charge < -0.3 is 24.1 Å². The minimum atomic E-state index is -0.930. The molecule has 0 spiro atoms. The number of ketones is 1.